The number of carbonyl (C=O) groups excluding carboxylic acids is 1. The normalized spacial score (nSPS) is 11.4. The Morgan fingerprint density at radius 3 is 2.70 bits per heavy atom. The number of allylic oxidation sites excluding steroid dienone is 1. The molecule has 0 bridgehead atoms. The third kappa shape index (κ3) is 2.83. The number of aryl methyl sites for hydroxylation is 1. The van der Waals surface area contributed by atoms with E-state index in [1.54, 1.807) is 44.2 Å². The number of nitrogens with zero attached hydrogens (tertiary/aromatic N) is 1. The molecule has 0 N–H and O–H groups in total. The number of carbonyl (C=O) groups is 1. The highest BCUT2D eigenvalue weighted by Crippen LogP contribution is 2.28. The lowest BCUT2D eigenvalue weighted by Gasteiger charge is -2.00. The molecule has 5 nitrogen and oxygen atoms in total. The van der Waals surface area contributed by atoms with E-state index >= 15 is 0 Å². The lowest BCUT2D eigenvalue weighted by atomic mass is 10.1. The average Bonchev–Trinajstić information content (AvgIpc) is 2.87. The van der Waals surface area contributed by atoms with Crippen molar-refractivity contribution >= 4 is 18.0 Å². The van der Waals surface area contributed by atoms with Crippen LogP contribution in [0.2, 0.25) is 0 Å². The van der Waals surface area contributed by atoms with Crippen LogP contribution in [-0.2, 0) is 4.79 Å². The molecule has 0 saturated heterocycles. The highest BCUT2D eigenvalue weighted by molar-refractivity contribution is 5.80. The van der Waals surface area contributed by atoms with E-state index in [1.165, 1.54) is 6.07 Å². The molecule has 1 heterocycles. The Bertz CT molecular complexity index is 698. The molecule has 0 radical (unpaired) electrons. The summed E-state index contributed by atoms with van der Waals surface area (Å²) in [4.78, 5) is 21.1. The number of aldehydes is 1. The van der Waals surface area contributed by atoms with Crippen LogP contribution in [-0.4, -0.2) is 11.2 Å². The molecule has 102 valence electrons. The number of hydrogen-bond donors (Lipinski definition) is 0. The van der Waals surface area contributed by atoms with Gasteiger partial charge in [-0.3, -0.25) is 14.9 Å². The van der Waals surface area contributed by atoms with Gasteiger partial charge in [0, 0.05) is 17.2 Å². The summed E-state index contributed by atoms with van der Waals surface area (Å²) in [5.74, 6) is 1.06. The molecule has 0 unspecified atom stereocenters. The molecule has 20 heavy (non-hydrogen) atoms. The lowest BCUT2D eigenvalue weighted by Crippen LogP contribution is -1.91. The van der Waals surface area contributed by atoms with Gasteiger partial charge in [0.15, 0.2) is 0 Å². The lowest BCUT2D eigenvalue weighted by molar-refractivity contribution is -0.385. The maximum absolute atomic E-state index is 10.9. The summed E-state index contributed by atoms with van der Waals surface area (Å²) in [6.07, 6.45) is 2.35. The van der Waals surface area contributed by atoms with Crippen molar-refractivity contribution in [2.24, 2.45) is 0 Å². The highest BCUT2D eigenvalue weighted by atomic mass is 16.6. The van der Waals surface area contributed by atoms with Gasteiger partial charge in [0.05, 0.1) is 4.92 Å². The van der Waals surface area contributed by atoms with Crippen molar-refractivity contribution in [1.82, 2.24) is 0 Å². The van der Waals surface area contributed by atoms with Gasteiger partial charge in [-0.2, -0.15) is 0 Å². The zero-order valence-electron chi connectivity index (χ0n) is 11.1. The molecule has 0 aliphatic carbocycles. The molecule has 0 aliphatic rings. The van der Waals surface area contributed by atoms with Crippen LogP contribution in [0.15, 0.2) is 40.3 Å². The largest absolute Gasteiger partial charge is 0.457 e. The van der Waals surface area contributed by atoms with Gasteiger partial charge in [-0.05, 0) is 37.6 Å². The highest BCUT2D eigenvalue weighted by Gasteiger charge is 2.13. The van der Waals surface area contributed by atoms with E-state index < -0.39 is 4.92 Å². The van der Waals surface area contributed by atoms with Gasteiger partial charge < -0.3 is 4.42 Å². The average molecular weight is 271 g/mol. The summed E-state index contributed by atoms with van der Waals surface area (Å²) in [6, 6.07) is 8.37. The van der Waals surface area contributed by atoms with E-state index in [2.05, 4.69) is 0 Å². The SMILES string of the molecule is C/C(C=O)=C\c1ccc(-c2ccc(C)c([N+](=O)[O-])c2)o1. The van der Waals surface area contributed by atoms with Crippen LogP contribution >= 0.6 is 0 Å². The molecule has 2 aromatic rings. The second-order valence-corrected chi connectivity index (χ2v) is 4.47. The molecule has 0 fully saturated rings. The minimum absolute atomic E-state index is 0.0556. The zero-order chi connectivity index (χ0) is 14.7. The van der Waals surface area contributed by atoms with E-state index in [0.29, 0.717) is 28.2 Å². The quantitative estimate of drug-likeness (QED) is 0.367. The molecular weight excluding hydrogens is 258 g/mol. The van der Waals surface area contributed by atoms with Crippen LogP contribution in [0.3, 0.4) is 0 Å². The van der Waals surface area contributed by atoms with Crippen molar-refractivity contribution in [3.8, 4) is 11.3 Å². The first-order chi connectivity index (χ1) is 9.51. The number of benzene rings is 1. The Balaban J connectivity index is 2.40. The van der Waals surface area contributed by atoms with E-state index in [0.717, 1.165) is 6.29 Å². The van der Waals surface area contributed by atoms with Crippen LogP contribution in [0, 0.1) is 17.0 Å². The first kappa shape index (κ1) is 13.7. The van der Waals surface area contributed by atoms with Gasteiger partial charge in [-0.25, -0.2) is 0 Å². The maximum atomic E-state index is 10.9. The molecule has 0 saturated carbocycles. The predicted molar refractivity (Wildman–Crippen MR) is 75.3 cm³/mol. The fourth-order valence-corrected chi connectivity index (χ4v) is 1.80. The van der Waals surface area contributed by atoms with Crippen LogP contribution in [0.5, 0.6) is 0 Å². The molecule has 0 amide bonds. The Kier molecular flexibility index (Phi) is 3.79. The molecular formula is C15H13NO4. The number of furan rings is 1. The summed E-state index contributed by atoms with van der Waals surface area (Å²) in [7, 11) is 0. The molecule has 0 atom stereocenters. The Hall–Kier alpha value is -2.69. The van der Waals surface area contributed by atoms with Gasteiger partial charge in [-0.1, -0.05) is 12.1 Å². The first-order valence-electron chi connectivity index (χ1n) is 6.00. The van der Waals surface area contributed by atoms with E-state index in [1.807, 2.05) is 0 Å². The monoisotopic (exact) mass is 271 g/mol. The van der Waals surface area contributed by atoms with Crippen LogP contribution < -0.4 is 0 Å². The van der Waals surface area contributed by atoms with Crippen LogP contribution in [0.4, 0.5) is 5.69 Å². The van der Waals surface area contributed by atoms with Crippen LogP contribution in [0.25, 0.3) is 17.4 Å². The van der Waals surface area contributed by atoms with Crippen molar-refractivity contribution in [2.45, 2.75) is 13.8 Å². The Labute approximate surface area is 115 Å². The van der Waals surface area contributed by atoms with Gasteiger partial charge in [0.25, 0.3) is 5.69 Å². The zero-order valence-corrected chi connectivity index (χ0v) is 11.1. The summed E-state index contributed by atoms with van der Waals surface area (Å²) in [5, 5.41) is 10.9. The second-order valence-electron chi connectivity index (χ2n) is 4.47. The van der Waals surface area contributed by atoms with Crippen molar-refractivity contribution < 1.29 is 14.1 Å². The molecule has 0 aliphatic heterocycles. The second kappa shape index (κ2) is 5.52. The minimum atomic E-state index is -0.418. The van der Waals surface area contributed by atoms with Gasteiger partial charge in [-0.15, -0.1) is 0 Å². The van der Waals surface area contributed by atoms with Crippen molar-refractivity contribution in [2.75, 3.05) is 0 Å². The minimum Gasteiger partial charge on any atom is -0.457 e. The van der Waals surface area contributed by atoms with Gasteiger partial charge >= 0.3 is 0 Å². The third-order valence-electron chi connectivity index (χ3n) is 2.87. The fraction of sp³-hybridized carbons (Fsp3) is 0.133. The number of nitro groups is 1. The molecule has 5 heteroatoms. The molecule has 1 aromatic heterocycles. The third-order valence-corrected chi connectivity index (χ3v) is 2.87. The summed E-state index contributed by atoms with van der Waals surface area (Å²) in [6.45, 7) is 3.36. The Morgan fingerprint density at radius 1 is 1.30 bits per heavy atom. The molecule has 0 spiro atoms. The smallest absolute Gasteiger partial charge is 0.273 e. The Morgan fingerprint density at radius 2 is 2.05 bits per heavy atom. The van der Waals surface area contributed by atoms with E-state index in [-0.39, 0.29) is 5.69 Å². The van der Waals surface area contributed by atoms with Crippen molar-refractivity contribution in [3.63, 3.8) is 0 Å². The fourth-order valence-electron chi connectivity index (χ4n) is 1.80. The first-order valence-corrected chi connectivity index (χ1v) is 6.00. The van der Waals surface area contributed by atoms with E-state index in [9.17, 15) is 14.9 Å². The summed E-state index contributed by atoms with van der Waals surface area (Å²) >= 11 is 0. The molecule has 2 rings (SSSR count). The van der Waals surface area contributed by atoms with Gasteiger partial charge in [0.1, 0.15) is 17.8 Å². The number of rotatable bonds is 4. The predicted octanol–water partition coefficient (Wildman–Crippen LogP) is 3.77. The maximum Gasteiger partial charge on any atom is 0.273 e. The summed E-state index contributed by atoms with van der Waals surface area (Å²) in [5.41, 5.74) is 1.83. The number of hydrogen-bond acceptors (Lipinski definition) is 4. The van der Waals surface area contributed by atoms with Crippen LogP contribution in [0.1, 0.15) is 18.2 Å². The topological polar surface area (TPSA) is 73.3 Å². The summed E-state index contributed by atoms with van der Waals surface area (Å²) < 4.78 is 5.56. The van der Waals surface area contributed by atoms with Crippen molar-refractivity contribution in [1.29, 1.82) is 0 Å². The number of nitro benzene ring substituents is 1. The standard InChI is InChI=1S/C15H13NO4/c1-10(9-17)7-13-5-6-15(20-13)12-4-3-11(2)14(8-12)16(18)19/h3-9H,1-2H3/b10-7+. The van der Waals surface area contributed by atoms with Crippen molar-refractivity contribution in [3.05, 3.63) is 57.3 Å². The van der Waals surface area contributed by atoms with Gasteiger partial charge in [0.2, 0.25) is 0 Å². The van der Waals surface area contributed by atoms with E-state index in [4.69, 9.17) is 4.42 Å². The molecule has 1 aromatic carbocycles.